The summed E-state index contributed by atoms with van der Waals surface area (Å²) in [5, 5.41) is 0. The highest BCUT2D eigenvalue weighted by molar-refractivity contribution is 5.78. The molecule has 0 radical (unpaired) electrons. The quantitative estimate of drug-likeness (QED) is 0.525. The van der Waals surface area contributed by atoms with Crippen LogP contribution in [0.25, 0.3) is 0 Å². The highest BCUT2D eigenvalue weighted by Gasteiger charge is 2.23. The molecule has 9 heavy (non-hydrogen) atoms. The summed E-state index contributed by atoms with van der Waals surface area (Å²) in [6.07, 6.45) is 3.52. The summed E-state index contributed by atoms with van der Waals surface area (Å²) in [6.45, 7) is 3.94. The molecule has 0 aromatic carbocycles. The molecule has 0 amide bonds. The van der Waals surface area contributed by atoms with Crippen LogP contribution in [-0.2, 0) is 4.79 Å². The minimum Gasteiger partial charge on any atom is -0.300 e. The topological polar surface area (TPSA) is 17.1 Å². The average Bonchev–Trinajstić information content (AvgIpc) is 2.14. The molecule has 0 aromatic heterocycles. The second-order valence-electron chi connectivity index (χ2n) is 3.23. The van der Waals surface area contributed by atoms with E-state index in [1.54, 1.807) is 6.92 Å². The van der Waals surface area contributed by atoms with Gasteiger partial charge in [0.25, 0.3) is 0 Å². The fourth-order valence-electron chi connectivity index (χ4n) is 1.58. The third-order valence-corrected chi connectivity index (χ3v) is 2.27. The van der Waals surface area contributed by atoms with Crippen molar-refractivity contribution in [3.05, 3.63) is 0 Å². The van der Waals surface area contributed by atoms with Crippen LogP contribution >= 0.6 is 0 Å². The van der Waals surface area contributed by atoms with Crippen molar-refractivity contribution in [2.45, 2.75) is 33.1 Å². The molecule has 0 spiro atoms. The van der Waals surface area contributed by atoms with Crippen LogP contribution in [-0.4, -0.2) is 5.78 Å². The van der Waals surface area contributed by atoms with Crippen LogP contribution in [0.15, 0.2) is 0 Å². The lowest BCUT2D eigenvalue weighted by atomic mass is 10.0. The summed E-state index contributed by atoms with van der Waals surface area (Å²) in [4.78, 5) is 10.8. The summed E-state index contributed by atoms with van der Waals surface area (Å²) in [5.41, 5.74) is 0. The van der Waals surface area contributed by atoms with Gasteiger partial charge in [0, 0.05) is 5.92 Å². The molecule has 0 bridgehead atoms. The Hall–Kier alpha value is -0.330. The molecule has 0 heterocycles. The Morgan fingerprint density at radius 2 is 2.11 bits per heavy atom. The molecule has 0 aromatic rings. The third-order valence-electron chi connectivity index (χ3n) is 2.27. The highest BCUT2D eigenvalue weighted by atomic mass is 16.1. The Labute approximate surface area is 56.4 Å². The number of rotatable bonds is 1. The van der Waals surface area contributed by atoms with Crippen LogP contribution in [0.4, 0.5) is 0 Å². The smallest absolute Gasteiger partial charge is 0.132 e. The van der Waals surface area contributed by atoms with Crippen molar-refractivity contribution in [3.63, 3.8) is 0 Å². The summed E-state index contributed by atoms with van der Waals surface area (Å²) < 4.78 is 0. The van der Waals surface area contributed by atoms with Crippen LogP contribution in [0.2, 0.25) is 0 Å². The molecule has 1 aliphatic carbocycles. The standard InChI is InChI=1S/C8H14O/c1-6-3-4-8(5-6)7(2)9/h6,8H,3-5H2,1-2H3/t6-,8?/m0/s1. The molecule has 1 aliphatic rings. The zero-order valence-corrected chi connectivity index (χ0v) is 6.18. The zero-order chi connectivity index (χ0) is 6.85. The zero-order valence-electron chi connectivity index (χ0n) is 6.18. The van der Waals surface area contributed by atoms with E-state index in [2.05, 4.69) is 6.92 Å². The maximum absolute atomic E-state index is 10.8. The van der Waals surface area contributed by atoms with Gasteiger partial charge in [0.15, 0.2) is 0 Å². The molecule has 1 fully saturated rings. The molecule has 1 unspecified atom stereocenters. The molecule has 1 rings (SSSR count). The van der Waals surface area contributed by atoms with E-state index in [-0.39, 0.29) is 0 Å². The summed E-state index contributed by atoms with van der Waals surface area (Å²) in [7, 11) is 0. The third kappa shape index (κ3) is 1.54. The largest absolute Gasteiger partial charge is 0.300 e. The van der Waals surface area contributed by atoms with Gasteiger partial charge in [-0.25, -0.2) is 0 Å². The second-order valence-corrected chi connectivity index (χ2v) is 3.23. The van der Waals surface area contributed by atoms with E-state index < -0.39 is 0 Å². The average molecular weight is 126 g/mol. The van der Waals surface area contributed by atoms with Gasteiger partial charge in [-0.15, -0.1) is 0 Å². The first kappa shape index (κ1) is 6.79. The number of ketones is 1. The molecule has 0 N–H and O–H groups in total. The van der Waals surface area contributed by atoms with Crippen LogP contribution in [0.1, 0.15) is 33.1 Å². The first-order valence-corrected chi connectivity index (χ1v) is 3.70. The van der Waals surface area contributed by atoms with Crippen LogP contribution < -0.4 is 0 Å². The normalized spacial score (nSPS) is 34.9. The Bertz CT molecular complexity index is 118. The molecule has 2 atom stereocenters. The van der Waals surface area contributed by atoms with E-state index in [1.807, 2.05) is 0 Å². The first-order valence-electron chi connectivity index (χ1n) is 3.70. The van der Waals surface area contributed by atoms with Crippen molar-refractivity contribution in [2.24, 2.45) is 11.8 Å². The van der Waals surface area contributed by atoms with Crippen LogP contribution in [0, 0.1) is 11.8 Å². The van der Waals surface area contributed by atoms with Gasteiger partial charge < -0.3 is 0 Å². The molecule has 1 nitrogen and oxygen atoms in total. The van der Waals surface area contributed by atoms with Crippen molar-refractivity contribution in [1.82, 2.24) is 0 Å². The Balaban J connectivity index is 2.39. The second kappa shape index (κ2) is 2.51. The van der Waals surface area contributed by atoms with E-state index in [0.29, 0.717) is 11.7 Å². The highest BCUT2D eigenvalue weighted by Crippen LogP contribution is 2.30. The SMILES string of the molecule is CC(=O)C1CC[C@H](C)C1. The van der Waals surface area contributed by atoms with Gasteiger partial charge >= 0.3 is 0 Å². The molecular formula is C8H14O. The van der Waals surface area contributed by atoms with Gasteiger partial charge in [-0.3, -0.25) is 4.79 Å². The number of Topliss-reactive ketones (excluding diaryl/α,β-unsaturated/α-hetero) is 1. The van der Waals surface area contributed by atoms with Gasteiger partial charge in [0.2, 0.25) is 0 Å². The molecule has 52 valence electrons. The predicted molar refractivity (Wildman–Crippen MR) is 37.2 cm³/mol. The first-order chi connectivity index (χ1) is 4.20. The van der Waals surface area contributed by atoms with Crippen molar-refractivity contribution in [1.29, 1.82) is 0 Å². The van der Waals surface area contributed by atoms with E-state index >= 15 is 0 Å². The van der Waals surface area contributed by atoms with E-state index in [4.69, 9.17) is 0 Å². The molecular weight excluding hydrogens is 112 g/mol. The lowest BCUT2D eigenvalue weighted by molar-refractivity contribution is -0.120. The lowest BCUT2D eigenvalue weighted by Crippen LogP contribution is -2.05. The van der Waals surface area contributed by atoms with E-state index in [1.165, 1.54) is 6.42 Å². The number of carbonyl (C=O) groups excluding carboxylic acids is 1. The molecule has 1 heteroatoms. The molecule has 1 saturated carbocycles. The summed E-state index contributed by atoms with van der Waals surface area (Å²) in [5.74, 6) is 1.58. The molecule has 0 aliphatic heterocycles. The van der Waals surface area contributed by atoms with Crippen molar-refractivity contribution < 1.29 is 4.79 Å². The summed E-state index contributed by atoms with van der Waals surface area (Å²) >= 11 is 0. The maximum Gasteiger partial charge on any atom is 0.132 e. The fourth-order valence-corrected chi connectivity index (χ4v) is 1.58. The Morgan fingerprint density at radius 3 is 2.33 bits per heavy atom. The van der Waals surface area contributed by atoms with Gasteiger partial charge in [-0.1, -0.05) is 6.92 Å². The van der Waals surface area contributed by atoms with Crippen LogP contribution in [0.3, 0.4) is 0 Å². The van der Waals surface area contributed by atoms with Gasteiger partial charge in [-0.2, -0.15) is 0 Å². The Kier molecular flexibility index (Phi) is 1.89. The number of hydrogen-bond acceptors (Lipinski definition) is 1. The minimum absolute atomic E-state index is 0.388. The van der Waals surface area contributed by atoms with E-state index in [0.717, 1.165) is 18.8 Å². The van der Waals surface area contributed by atoms with Gasteiger partial charge in [-0.05, 0) is 32.1 Å². The van der Waals surface area contributed by atoms with E-state index in [9.17, 15) is 4.79 Å². The lowest BCUT2D eigenvalue weighted by Gasteiger charge is -2.01. The number of carbonyl (C=O) groups is 1. The van der Waals surface area contributed by atoms with Crippen molar-refractivity contribution in [2.75, 3.05) is 0 Å². The maximum atomic E-state index is 10.8. The summed E-state index contributed by atoms with van der Waals surface area (Å²) in [6, 6.07) is 0. The minimum atomic E-state index is 0.388. The fraction of sp³-hybridized carbons (Fsp3) is 0.875. The van der Waals surface area contributed by atoms with Crippen LogP contribution in [0.5, 0.6) is 0 Å². The van der Waals surface area contributed by atoms with Gasteiger partial charge in [0.05, 0.1) is 0 Å². The van der Waals surface area contributed by atoms with Crippen molar-refractivity contribution in [3.8, 4) is 0 Å². The monoisotopic (exact) mass is 126 g/mol. The van der Waals surface area contributed by atoms with Crippen molar-refractivity contribution >= 4 is 5.78 Å². The number of hydrogen-bond donors (Lipinski definition) is 0. The van der Waals surface area contributed by atoms with Gasteiger partial charge in [0.1, 0.15) is 5.78 Å². The predicted octanol–water partition coefficient (Wildman–Crippen LogP) is 2.01. The Morgan fingerprint density at radius 1 is 1.44 bits per heavy atom. The molecule has 0 saturated heterocycles.